The number of benzene rings is 1. The molecule has 5 nitrogen and oxygen atoms in total. The Kier molecular flexibility index (Phi) is 4.66. The number of anilines is 1. The fourth-order valence-corrected chi connectivity index (χ4v) is 1.26. The quantitative estimate of drug-likeness (QED) is 0.722. The molecule has 1 atom stereocenters. The van der Waals surface area contributed by atoms with Crippen molar-refractivity contribution in [3.8, 4) is 0 Å². The highest BCUT2D eigenvalue weighted by Gasteiger charge is 2.08. The molecule has 0 aliphatic rings. The SMILES string of the molecule is CC(=O)Nc1ccc(C(=O)N[C@@H](C)CO)cc1. The maximum atomic E-state index is 11.6. The second-order valence-electron chi connectivity index (χ2n) is 3.82. The zero-order valence-electron chi connectivity index (χ0n) is 9.86. The molecule has 0 unspecified atom stereocenters. The molecule has 17 heavy (non-hydrogen) atoms. The van der Waals surface area contributed by atoms with Gasteiger partial charge >= 0.3 is 0 Å². The summed E-state index contributed by atoms with van der Waals surface area (Å²) in [5.41, 5.74) is 1.13. The molecular formula is C12H16N2O3. The summed E-state index contributed by atoms with van der Waals surface area (Å²) in [4.78, 5) is 22.4. The highest BCUT2D eigenvalue weighted by Crippen LogP contribution is 2.09. The Bertz CT molecular complexity index is 401. The number of hydrogen-bond acceptors (Lipinski definition) is 3. The largest absolute Gasteiger partial charge is 0.394 e. The van der Waals surface area contributed by atoms with Crippen molar-refractivity contribution in [2.24, 2.45) is 0 Å². The summed E-state index contributed by atoms with van der Waals surface area (Å²) in [6, 6.07) is 6.26. The van der Waals surface area contributed by atoms with Gasteiger partial charge in [0.25, 0.3) is 5.91 Å². The van der Waals surface area contributed by atoms with Crippen LogP contribution >= 0.6 is 0 Å². The van der Waals surface area contributed by atoms with Crippen molar-refractivity contribution in [3.05, 3.63) is 29.8 Å². The van der Waals surface area contributed by atoms with Gasteiger partial charge in [0.05, 0.1) is 6.61 Å². The van der Waals surface area contributed by atoms with Crippen LogP contribution in [0.25, 0.3) is 0 Å². The molecule has 92 valence electrons. The third-order valence-electron chi connectivity index (χ3n) is 2.12. The van der Waals surface area contributed by atoms with E-state index in [9.17, 15) is 9.59 Å². The van der Waals surface area contributed by atoms with Crippen LogP contribution in [0.15, 0.2) is 24.3 Å². The molecule has 0 bridgehead atoms. The maximum absolute atomic E-state index is 11.6. The van der Waals surface area contributed by atoms with Gasteiger partial charge in [0, 0.05) is 24.2 Å². The summed E-state index contributed by atoms with van der Waals surface area (Å²) >= 11 is 0. The first kappa shape index (κ1) is 13.2. The number of aliphatic hydroxyl groups is 1. The Morgan fingerprint density at radius 3 is 2.35 bits per heavy atom. The van der Waals surface area contributed by atoms with Crippen molar-refractivity contribution in [2.45, 2.75) is 19.9 Å². The minimum atomic E-state index is -0.280. The van der Waals surface area contributed by atoms with E-state index >= 15 is 0 Å². The van der Waals surface area contributed by atoms with Gasteiger partial charge in [0.1, 0.15) is 0 Å². The van der Waals surface area contributed by atoms with Crippen molar-refractivity contribution in [1.82, 2.24) is 5.32 Å². The van der Waals surface area contributed by atoms with Crippen molar-refractivity contribution in [3.63, 3.8) is 0 Å². The Morgan fingerprint density at radius 2 is 1.88 bits per heavy atom. The molecule has 2 amide bonds. The molecule has 0 heterocycles. The number of aliphatic hydroxyl groups excluding tert-OH is 1. The lowest BCUT2D eigenvalue weighted by molar-refractivity contribution is -0.114. The molecule has 1 aromatic rings. The first-order chi connectivity index (χ1) is 8.02. The predicted octanol–water partition coefficient (Wildman–Crippen LogP) is 0.756. The van der Waals surface area contributed by atoms with E-state index in [2.05, 4.69) is 10.6 Å². The monoisotopic (exact) mass is 236 g/mol. The lowest BCUT2D eigenvalue weighted by atomic mass is 10.2. The van der Waals surface area contributed by atoms with Crippen molar-refractivity contribution in [2.75, 3.05) is 11.9 Å². The second-order valence-corrected chi connectivity index (χ2v) is 3.82. The van der Waals surface area contributed by atoms with Crippen LogP contribution < -0.4 is 10.6 Å². The van der Waals surface area contributed by atoms with Crippen LogP contribution in [-0.2, 0) is 4.79 Å². The van der Waals surface area contributed by atoms with E-state index in [1.54, 1.807) is 31.2 Å². The Balaban J connectivity index is 2.67. The topological polar surface area (TPSA) is 78.4 Å². The minimum Gasteiger partial charge on any atom is -0.394 e. The zero-order chi connectivity index (χ0) is 12.8. The lowest BCUT2D eigenvalue weighted by Gasteiger charge is -2.11. The van der Waals surface area contributed by atoms with Crippen molar-refractivity contribution in [1.29, 1.82) is 0 Å². The van der Waals surface area contributed by atoms with Crippen molar-refractivity contribution < 1.29 is 14.7 Å². The van der Waals surface area contributed by atoms with Crippen LogP contribution in [0.2, 0.25) is 0 Å². The van der Waals surface area contributed by atoms with Crippen molar-refractivity contribution >= 4 is 17.5 Å². The average Bonchev–Trinajstić information content (AvgIpc) is 2.28. The normalized spacial score (nSPS) is 11.7. The highest BCUT2D eigenvalue weighted by molar-refractivity contribution is 5.95. The number of carbonyl (C=O) groups excluding carboxylic acids is 2. The molecule has 0 aliphatic carbocycles. The zero-order valence-corrected chi connectivity index (χ0v) is 9.86. The molecule has 0 saturated heterocycles. The van der Waals surface area contributed by atoms with Gasteiger partial charge in [0.2, 0.25) is 5.91 Å². The number of amides is 2. The van der Waals surface area contributed by atoms with Crippen LogP contribution in [0.5, 0.6) is 0 Å². The summed E-state index contributed by atoms with van der Waals surface area (Å²) in [6.45, 7) is 3.03. The van der Waals surface area contributed by atoms with Gasteiger partial charge in [-0.2, -0.15) is 0 Å². The lowest BCUT2D eigenvalue weighted by Crippen LogP contribution is -2.34. The Morgan fingerprint density at radius 1 is 1.29 bits per heavy atom. The standard InChI is InChI=1S/C12H16N2O3/c1-8(7-15)13-12(17)10-3-5-11(6-4-10)14-9(2)16/h3-6,8,15H,7H2,1-2H3,(H,13,17)(H,14,16)/t8-/m0/s1. The summed E-state index contributed by atoms with van der Waals surface area (Å²) < 4.78 is 0. The molecule has 0 aromatic heterocycles. The van der Waals surface area contributed by atoms with E-state index in [4.69, 9.17) is 5.11 Å². The van der Waals surface area contributed by atoms with Crippen LogP contribution in [0.4, 0.5) is 5.69 Å². The summed E-state index contributed by atoms with van der Waals surface area (Å²) in [7, 11) is 0. The molecule has 0 spiro atoms. The van der Waals surface area contributed by atoms with E-state index < -0.39 is 0 Å². The minimum absolute atomic E-state index is 0.101. The van der Waals surface area contributed by atoms with Gasteiger partial charge in [0.15, 0.2) is 0 Å². The van der Waals surface area contributed by atoms with E-state index in [1.807, 2.05) is 0 Å². The van der Waals surface area contributed by atoms with E-state index in [-0.39, 0.29) is 24.5 Å². The summed E-state index contributed by atoms with van der Waals surface area (Å²) in [6.07, 6.45) is 0. The summed E-state index contributed by atoms with van der Waals surface area (Å²) in [5, 5.41) is 14.1. The fourth-order valence-electron chi connectivity index (χ4n) is 1.26. The summed E-state index contributed by atoms with van der Waals surface area (Å²) in [5.74, 6) is -0.406. The van der Waals surface area contributed by atoms with Gasteiger partial charge in [-0.1, -0.05) is 0 Å². The fraction of sp³-hybridized carbons (Fsp3) is 0.333. The van der Waals surface area contributed by atoms with Crippen LogP contribution in [0, 0.1) is 0 Å². The molecule has 0 fully saturated rings. The molecular weight excluding hydrogens is 220 g/mol. The van der Waals surface area contributed by atoms with E-state index in [1.165, 1.54) is 6.92 Å². The number of hydrogen-bond donors (Lipinski definition) is 3. The maximum Gasteiger partial charge on any atom is 0.251 e. The average molecular weight is 236 g/mol. The molecule has 0 aliphatic heterocycles. The van der Waals surface area contributed by atoms with Crippen LogP contribution in [0.1, 0.15) is 24.2 Å². The predicted molar refractivity (Wildman–Crippen MR) is 64.8 cm³/mol. The highest BCUT2D eigenvalue weighted by atomic mass is 16.3. The van der Waals surface area contributed by atoms with Gasteiger partial charge in [-0.3, -0.25) is 9.59 Å². The van der Waals surface area contributed by atoms with E-state index in [0.717, 1.165) is 0 Å². The number of rotatable bonds is 4. The van der Waals surface area contributed by atoms with E-state index in [0.29, 0.717) is 11.3 Å². The molecule has 0 saturated carbocycles. The van der Waals surface area contributed by atoms with Gasteiger partial charge in [-0.05, 0) is 31.2 Å². The van der Waals surface area contributed by atoms with Gasteiger partial charge < -0.3 is 15.7 Å². The van der Waals surface area contributed by atoms with Crippen LogP contribution in [-0.4, -0.2) is 29.6 Å². The Hall–Kier alpha value is -1.88. The first-order valence-corrected chi connectivity index (χ1v) is 5.32. The Labute approximate surface area is 99.8 Å². The van der Waals surface area contributed by atoms with Gasteiger partial charge in [-0.15, -0.1) is 0 Å². The molecule has 1 rings (SSSR count). The third-order valence-corrected chi connectivity index (χ3v) is 2.12. The van der Waals surface area contributed by atoms with Gasteiger partial charge in [-0.25, -0.2) is 0 Å². The third kappa shape index (κ3) is 4.24. The molecule has 5 heteroatoms. The number of carbonyl (C=O) groups is 2. The smallest absolute Gasteiger partial charge is 0.251 e. The molecule has 0 radical (unpaired) electrons. The molecule has 1 aromatic carbocycles. The number of nitrogens with one attached hydrogen (secondary N) is 2. The molecule has 3 N–H and O–H groups in total. The van der Waals surface area contributed by atoms with Crippen LogP contribution in [0.3, 0.4) is 0 Å². The second kappa shape index (κ2) is 6.00. The first-order valence-electron chi connectivity index (χ1n) is 5.32.